The van der Waals surface area contributed by atoms with Gasteiger partial charge in [0.2, 0.25) is 5.91 Å². The summed E-state index contributed by atoms with van der Waals surface area (Å²) in [6, 6.07) is 5.21. The van der Waals surface area contributed by atoms with Gasteiger partial charge in [-0.3, -0.25) is 9.78 Å². The molecule has 0 saturated carbocycles. The highest BCUT2D eigenvalue weighted by Gasteiger charge is 2.12. The molecular weight excluding hydrogens is 295 g/mol. The molecule has 2 rings (SSSR count). The number of pyridine rings is 1. The number of nitrogens with one attached hydrogen (secondary N) is 1. The molecule has 0 saturated heterocycles. The molecule has 1 heterocycles. The molecule has 23 heavy (non-hydrogen) atoms. The van der Waals surface area contributed by atoms with Crippen molar-refractivity contribution < 1.29 is 13.9 Å². The number of aryl methyl sites for hydroxylation is 1. The minimum absolute atomic E-state index is 0.182. The summed E-state index contributed by atoms with van der Waals surface area (Å²) in [6.45, 7) is 3.58. The lowest BCUT2D eigenvalue weighted by Crippen LogP contribution is -2.32. The van der Waals surface area contributed by atoms with Crippen molar-refractivity contribution in [3.8, 4) is 18.1 Å². The summed E-state index contributed by atoms with van der Waals surface area (Å²) in [5.41, 5.74) is 2.31. The van der Waals surface area contributed by atoms with Crippen LogP contribution >= 0.6 is 0 Å². The highest BCUT2D eigenvalue weighted by molar-refractivity contribution is 5.84. The third-order valence-electron chi connectivity index (χ3n) is 3.31. The van der Waals surface area contributed by atoms with E-state index in [1.807, 2.05) is 13.8 Å². The van der Waals surface area contributed by atoms with Gasteiger partial charge in [0.15, 0.2) is 0 Å². The number of nitrogens with zero attached hydrogens (tertiary/aromatic N) is 1. The number of ether oxygens (including phenoxy) is 1. The molecule has 1 amide bonds. The monoisotopic (exact) mass is 314 g/mol. The van der Waals surface area contributed by atoms with Crippen LogP contribution in [-0.4, -0.2) is 23.8 Å². The SMILES string of the molecule is C#Cc1cnc2c(C)cc(OC(F)CNC(=O)CCC)cc2c1. The maximum Gasteiger partial charge on any atom is 0.255 e. The Morgan fingerprint density at radius 1 is 1.48 bits per heavy atom. The van der Waals surface area contributed by atoms with Crippen LogP contribution in [0.1, 0.15) is 30.9 Å². The maximum atomic E-state index is 13.9. The summed E-state index contributed by atoms with van der Waals surface area (Å²) >= 11 is 0. The standard InChI is InChI=1S/C18H19FN2O2/c1-4-6-17(22)20-11-16(19)23-15-7-12(3)18-14(9-15)8-13(5-2)10-21-18/h2,7-10,16H,4,6,11H2,1,3H3,(H,20,22). The first-order chi connectivity index (χ1) is 11.0. The number of hydrogen-bond acceptors (Lipinski definition) is 3. The maximum absolute atomic E-state index is 13.9. The number of terminal acetylenes is 1. The number of amides is 1. The summed E-state index contributed by atoms with van der Waals surface area (Å²) in [7, 11) is 0. The molecule has 0 aliphatic carbocycles. The van der Waals surface area contributed by atoms with Gasteiger partial charge in [0.05, 0.1) is 12.1 Å². The third-order valence-corrected chi connectivity index (χ3v) is 3.31. The first-order valence-electron chi connectivity index (χ1n) is 7.48. The minimum atomic E-state index is -1.61. The average Bonchev–Trinajstić information content (AvgIpc) is 2.52. The molecule has 4 nitrogen and oxygen atoms in total. The fourth-order valence-corrected chi connectivity index (χ4v) is 2.24. The van der Waals surface area contributed by atoms with Gasteiger partial charge in [-0.1, -0.05) is 12.8 Å². The number of hydrogen-bond donors (Lipinski definition) is 1. The summed E-state index contributed by atoms with van der Waals surface area (Å²) in [5.74, 6) is 2.71. The Balaban J connectivity index is 2.10. The number of benzene rings is 1. The second-order valence-corrected chi connectivity index (χ2v) is 5.26. The van der Waals surface area contributed by atoms with E-state index in [1.165, 1.54) is 0 Å². The fourth-order valence-electron chi connectivity index (χ4n) is 2.24. The highest BCUT2D eigenvalue weighted by atomic mass is 19.1. The summed E-state index contributed by atoms with van der Waals surface area (Å²) in [6.07, 6.45) is 6.47. The van der Waals surface area contributed by atoms with E-state index in [4.69, 9.17) is 11.2 Å². The predicted molar refractivity (Wildman–Crippen MR) is 87.9 cm³/mol. The van der Waals surface area contributed by atoms with Crippen molar-refractivity contribution >= 4 is 16.8 Å². The van der Waals surface area contributed by atoms with E-state index < -0.39 is 6.36 Å². The molecule has 0 bridgehead atoms. The Kier molecular flexibility index (Phi) is 5.53. The highest BCUT2D eigenvalue weighted by Crippen LogP contribution is 2.25. The molecule has 1 atom stereocenters. The Hall–Kier alpha value is -2.61. The van der Waals surface area contributed by atoms with Crippen molar-refractivity contribution in [1.29, 1.82) is 0 Å². The van der Waals surface area contributed by atoms with Crippen LogP contribution in [0, 0.1) is 19.3 Å². The molecule has 0 spiro atoms. The van der Waals surface area contributed by atoms with E-state index in [0.717, 1.165) is 22.9 Å². The van der Waals surface area contributed by atoms with Gasteiger partial charge < -0.3 is 10.1 Å². The first-order valence-corrected chi connectivity index (χ1v) is 7.48. The lowest BCUT2D eigenvalue weighted by molar-refractivity contribution is -0.122. The van der Waals surface area contributed by atoms with Gasteiger partial charge in [0.25, 0.3) is 6.36 Å². The Bertz CT molecular complexity index is 753. The zero-order valence-corrected chi connectivity index (χ0v) is 13.2. The number of halogens is 1. The topological polar surface area (TPSA) is 51.2 Å². The predicted octanol–water partition coefficient (Wildman–Crippen LogP) is 3.12. The van der Waals surface area contributed by atoms with Gasteiger partial charge in [-0.05, 0) is 37.1 Å². The van der Waals surface area contributed by atoms with Crippen LogP contribution in [0.4, 0.5) is 4.39 Å². The van der Waals surface area contributed by atoms with Crippen LogP contribution in [-0.2, 0) is 4.79 Å². The zero-order valence-electron chi connectivity index (χ0n) is 13.2. The quantitative estimate of drug-likeness (QED) is 0.834. The van der Waals surface area contributed by atoms with E-state index in [0.29, 0.717) is 17.7 Å². The van der Waals surface area contributed by atoms with Crippen LogP contribution in [0.3, 0.4) is 0 Å². The largest absolute Gasteiger partial charge is 0.458 e. The summed E-state index contributed by atoms with van der Waals surface area (Å²) < 4.78 is 19.1. The summed E-state index contributed by atoms with van der Waals surface area (Å²) in [5, 5.41) is 3.29. The van der Waals surface area contributed by atoms with E-state index in [2.05, 4.69) is 16.2 Å². The average molecular weight is 314 g/mol. The molecule has 1 aromatic heterocycles. The van der Waals surface area contributed by atoms with Crippen molar-refractivity contribution in [2.75, 3.05) is 6.54 Å². The Morgan fingerprint density at radius 3 is 2.96 bits per heavy atom. The summed E-state index contributed by atoms with van der Waals surface area (Å²) in [4.78, 5) is 15.6. The van der Waals surface area contributed by atoms with E-state index >= 15 is 0 Å². The molecule has 0 aliphatic heterocycles. The second-order valence-electron chi connectivity index (χ2n) is 5.26. The number of aromatic nitrogens is 1. The molecule has 0 fully saturated rings. The van der Waals surface area contributed by atoms with Crippen molar-refractivity contribution in [2.45, 2.75) is 33.0 Å². The Morgan fingerprint density at radius 2 is 2.26 bits per heavy atom. The van der Waals surface area contributed by atoms with Gasteiger partial charge in [-0.25, -0.2) is 0 Å². The number of carbonyl (C=O) groups is 1. The smallest absolute Gasteiger partial charge is 0.255 e. The van der Waals surface area contributed by atoms with Crippen LogP contribution in [0.2, 0.25) is 0 Å². The molecule has 1 unspecified atom stereocenters. The van der Waals surface area contributed by atoms with E-state index in [9.17, 15) is 9.18 Å². The van der Waals surface area contributed by atoms with Crippen molar-refractivity contribution in [1.82, 2.24) is 10.3 Å². The lowest BCUT2D eigenvalue weighted by Gasteiger charge is -2.14. The number of carbonyl (C=O) groups excluding carboxylic acids is 1. The molecule has 0 aliphatic rings. The number of rotatable bonds is 6. The first kappa shape index (κ1) is 16.8. The fraction of sp³-hybridized carbons (Fsp3) is 0.333. The molecule has 1 aromatic carbocycles. The van der Waals surface area contributed by atoms with E-state index in [1.54, 1.807) is 24.4 Å². The number of fused-ring (bicyclic) bond motifs is 1. The van der Waals surface area contributed by atoms with E-state index in [-0.39, 0.29) is 12.5 Å². The van der Waals surface area contributed by atoms with Crippen molar-refractivity contribution in [2.24, 2.45) is 0 Å². The van der Waals surface area contributed by atoms with Crippen LogP contribution < -0.4 is 10.1 Å². The van der Waals surface area contributed by atoms with Crippen LogP contribution in [0.25, 0.3) is 10.9 Å². The molecule has 1 N–H and O–H groups in total. The third kappa shape index (κ3) is 4.43. The van der Waals surface area contributed by atoms with Gasteiger partial charge in [-0.15, -0.1) is 6.42 Å². The second kappa shape index (κ2) is 7.59. The normalized spacial score (nSPS) is 11.7. The van der Waals surface area contributed by atoms with Gasteiger partial charge in [-0.2, -0.15) is 4.39 Å². The Labute approximate surface area is 135 Å². The minimum Gasteiger partial charge on any atom is -0.458 e. The van der Waals surface area contributed by atoms with Gasteiger partial charge >= 0.3 is 0 Å². The molecule has 0 radical (unpaired) electrons. The zero-order chi connectivity index (χ0) is 16.8. The number of alkyl halides is 1. The van der Waals surface area contributed by atoms with Crippen molar-refractivity contribution in [3.63, 3.8) is 0 Å². The van der Waals surface area contributed by atoms with Crippen molar-refractivity contribution in [3.05, 3.63) is 35.5 Å². The van der Waals surface area contributed by atoms with Crippen LogP contribution in [0.15, 0.2) is 24.4 Å². The molecule has 120 valence electrons. The molecule has 2 aromatic rings. The van der Waals surface area contributed by atoms with Gasteiger partial charge in [0.1, 0.15) is 5.75 Å². The van der Waals surface area contributed by atoms with Gasteiger partial charge in [0, 0.05) is 23.6 Å². The molecule has 5 heteroatoms. The lowest BCUT2D eigenvalue weighted by atomic mass is 10.1. The van der Waals surface area contributed by atoms with Crippen LogP contribution in [0.5, 0.6) is 5.75 Å². The molecular formula is C18H19FN2O2.